The quantitative estimate of drug-likeness (QED) is 0.890. The molecular formula is C16H21N3. The number of nitrogens with one attached hydrogen (secondary N) is 1. The average Bonchev–Trinajstić information content (AvgIpc) is 2.85. The molecular weight excluding hydrogens is 234 g/mol. The Hall–Kier alpha value is -1.61. The Kier molecular flexibility index (Phi) is 3.38. The summed E-state index contributed by atoms with van der Waals surface area (Å²) in [4.78, 5) is 0. The van der Waals surface area contributed by atoms with Gasteiger partial charge in [-0.3, -0.25) is 4.68 Å². The Morgan fingerprint density at radius 2 is 2.21 bits per heavy atom. The molecule has 0 aliphatic heterocycles. The van der Waals surface area contributed by atoms with Crippen molar-refractivity contribution in [3.05, 3.63) is 53.3 Å². The fraction of sp³-hybridized carbons (Fsp3) is 0.438. The summed E-state index contributed by atoms with van der Waals surface area (Å²) in [6.45, 7) is 3.19. The SMILES string of the molecule is CCCn1nccc1C(NC)C1Cc2ccccc21. The molecule has 100 valence electrons. The van der Waals surface area contributed by atoms with Crippen molar-refractivity contribution in [3.8, 4) is 0 Å². The van der Waals surface area contributed by atoms with Crippen LogP contribution in [0.2, 0.25) is 0 Å². The maximum atomic E-state index is 4.45. The minimum absolute atomic E-state index is 0.365. The Balaban J connectivity index is 1.88. The van der Waals surface area contributed by atoms with Gasteiger partial charge in [-0.2, -0.15) is 5.10 Å². The maximum Gasteiger partial charge on any atom is 0.0562 e. The molecule has 1 heterocycles. The molecule has 1 aromatic heterocycles. The highest BCUT2D eigenvalue weighted by atomic mass is 15.3. The van der Waals surface area contributed by atoms with E-state index in [1.807, 2.05) is 6.20 Å². The molecule has 0 radical (unpaired) electrons. The summed E-state index contributed by atoms with van der Waals surface area (Å²) in [5.74, 6) is 0.577. The van der Waals surface area contributed by atoms with Crippen LogP contribution in [0.25, 0.3) is 0 Å². The normalized spacial score (nSPS) is 18.7. The van der Waals surface area contributed by atoms with Crippen molar-refractivity contribution < 1.29 is 0 Å². The monoisotopic (exact) mass is 255 g/mol. The lowest BCUT2D eigenvalue weighted by molar-refractivity contribution is 0.404. The van der Waals surface area contributed by atoms with E-state index in [2.05, 4.69) is 59.4 Å². The van der Waals surface area contributed by atoms with Crippen molar-refractivity contribution in [2.75, 3.05) is 7.05 Å². The van der Waals surface area contributed by atoms with Crippen molar-refractivity contribution >= 4 is 0 Å². The molecule has 3 rings (SSSR count). The van der Waals surface area contributed by atoms with Crippen LogP contribution in [0.1, 0.15) is 42.1 Å². The lowest BCUT2D eigenvalue weighted by Crippen LogP contribution is -2.33. The topological polar surface area (TPSA) is 29.9 Å². The Labute approximate surface area is 114 Å². The van der Waals surface area contributed by atoms with E-state index < -0.39 is 0 Å². The second-order valence-corrected chi connectivity index (χ2v) is 5.25. The molecule has 19 heavy (non-hydrogen) atoms. The predicted octanol–water partition coefficient (Wildman–Crippen LogP) is 2.89. The molecule has 0 fully saturated rings. The third-order valence-corrected chi connectivity index (χ3v) is 4.11. The highest BCUT2D eigenvalue weighted by molar-refractivity contribution is 5.42. The molecule has 1 aromatic carbocycles. The zero-order chi connectivity index (χ0) is 13.2. The molecule has 0 saturated heterocycles. The fourth-order valence-corrected chi connectivity index (χ4v) is 3.16. The minimum atomic E-state index is 0.365. The molecule has 0 bridgehead atoms. The molecule has 3 nitrogen and oxygen atoms in total. The van der Waals surface area contributed by atoms with E-state index in [1.165, 1.54) is 23.2 Å². The van der Waals surface area contributed by atoms with Gasteiger partial charge in [-0.05, 0) is 37.1 Å². The zero-order valence-corrected chi connectivity index (χ0v) is 11.6. The third kappa shape index (κ3) is 2.08. The van der Waals surface area contributed by atoms with Crippen LogP contribution in [0, 0.1) is 0 Å². The first kappa shape index (κ1) is 12.4. The highest BCUT2D eigenvalue weighted by Gasteiger charge is 2.34. The molecule has 0 amide bonds. The van der Waals surface area contributed by atoms with Gasteiger partial charge in [-0.1, -0.05) is 31.2 Å². The van der Waals surface area contributed by atoms with Crippen molar-refractivity contribution in [2.24, 2.45) is 0 Å². The molecule has 2 atom stereocenters. The summed E-state index contributed by atoms with van der Waals surface area (Å²) in [6, 6.07) is 11.3. The van der Waals surface area contributed by atoms with Gasteiger partial charge in [0.05, 0.1) is 11.7 Å². The van der Waals surface area contributed by atoms with Crippen LogP contribution in [0.5, 0.6) is 0 Å². The first-order valence-corrected chi connectivity index (χ1v) is 7.12. The third-order valence-electron chi connectivity index (χ3n) is 4.11. The lowest BCUT2D eigenvalue weighted by Gasteiger charge is -2.36. The van der Waals surface area contributed by atoms with E-state index in [9.17, 15) is 0 Å². The summed E-state index contributed by atoms with van der Waals surface area (Å²) < 4.78 is 2.14. The first-order chi connectivity index (χ1) is 9.35. The van der Waals surface area contributed by atoms with E-state index in [4.69, 9.17) is 0 Å². The largest absolute Gasteiger partial charge is 0.311 e. The van der Waals surface area contributed by atoms with Crippen LogP contribution in [0.4, 0.5) is 0 Å². The van der Waals surface area contributed by atoms with Crippen molar-refractivity contribution in [1.29, 1.82) is 0 Å². The first-order valence-electron chi connectivity index (χ1n) is 7.12. The molecule has 2 unspecified atom stereocenters. The van der Waals surface area contributed by atoms with Crippen LogP contribution in [-0.2, 0) is 13.0 Å². The van der Waals surface area contributed by atoms with Gasteiger partial charge in [0.2, 0.25) is 0 Å². The highest BCUT2D eigenvalue weighted by Crippen LogP contribution is 2.43. The summed E-state index contributed by atoms with van der Waals surface area (Å²) in [5.41, 5.74) is 4.30. The van der Waals surface area contributed by atoms with Crippen LogP contribution < -0.4 is 5.32 Å². The predicted molar refractivity (Wildman–Crippen MR) is 77.2 cm³/mol. The van der Waals surface area contributed by atoms with Crippen LogP contribution in [0.15, 0.2) is 36.5 Å². The zero-order valence-electron chi connectivity index (χ0n) is 11.6. The molecule has 3 heteroatoms. The van der Waals surface area contributed by atoms with Gasteiger partial charge in [0.15, 0.2) is 0 Å². The smallest absolute Gasteiger partial charge is 0.0562 e. The number of likely N-dealkylation sites (N-methyl/N-ethyl adjacent to an activating group) is 1. The number of hydrogen-bond acceptors (Lipinski definition) is 2. The van der Waals surface area contributed by atoms with Crippen LogP contribution in [0.3, 0.4) is 0 Å². The van der Waals surface area contributed by atoms with Gasteiger partial charge < -0.3 is 5.32 Å². The van der Waals surface area contributed by atoms with E-state index in [1.54, 1.807) is 0 Å². The van der Waals surface area contributed by atoms with Crippen LogP contribution >= 0.6 is 0 Å². The maximum absolute atomic E-state index is 4.45. The Morgan fingerprint density at radius 3 is 2.95 bits per heavy atom. The molecule has 1 N–H and O–H groups in total. The molecule has 0 saturated carbocycles. The lowest BCUT2D eigenvalue weighted by atomic mass is 9.72. The number of rotatable bonds is 5. The summed E-state index contributed by atoms with van der Waals surface area (Å²) in [6.07, 6.45) is 4.20. The van der Waals surface area contributed by atoms with Gasteiger partial charge in [-0.15, -0.1) is 0 Å². The Bertz CT molecular complexity index is 559. The van der Waals surface area contributed by atoms with Crippen molar-refractivity contribution in [3.63, 3.8) is 0 Å². The standard InChI is InChI=1S/C16H21N3/c1-3-10-19-15(8-9-18-19)16(17-2)14-11-12-6-4-5-7-13(12)14/h4-9,14,16-17H,3,10-11H2,1-2H3. The summed E-state index contributed by atoms with van der Waals surface area (Å²) in [7, 11) is 2.05. The second-order valence-electron chi connectivity index (χ2n) is 5.25. The minimum Gasteiger partial charge on any atom is -0.311 e. The van der Waals surface area contributed by atoms with E-state index in [0.29, 0.717) is 12.0 Å². The number of aromatic nitrogens is 2. The second kappa shape index (κ2) is 5.17. The van der Waals surface area contributed by atoms with E-state index in [0.717, 1.165) is 13.0 Å². The van der Waals surface area contributed by atoms with Gasteiger partial charge in [0, 0.05) is 18.7 Å². The number of nitrogens with zero attached hydrogens (tertiary/aromatic N) is 2. The van der Waals surface area contributed by atoms with E-state index >= 15 is 0 Å². The fourth-order valence-electron chi connectivity index (χ4n) is 3.16. The molecule has 2 aromatic rings. The summed E-state index contributed by atoms with van der Waals surface area (Å²) >= 11 is 0. The number of benzene rings is 1. The van der Waals surface area contributed by atoms with Gasteiger partial charge in [0.1, 0.15) is 0 Å². The van der Waals surface area contributed by atoms with Gasteiger partial charge in [0.25, 0.3) is 0 Å². The van der Waals surface area contributed by atoms with E-state index in [-0.39, 0.29) is 0 Å². The van der Waals surface area contributed by atoms with Crippen molar-refractivity contribution in [1.82, 2.24) is 15.1 Å². The van der Waals surface area contributed by atoms with Crippen LogP contribution in [-0.4, -0.2) is 16.8 Å². The average molecular weight is 255 g/mol. The molecule has 0 spiro atoms. The number of hydrogen-bond donors (Lipinski definition) is 1. The van der Waals surface area contributed by atoms with Gasteiger partial charge in [-0.25, -0.2) is 0 Å². The Morgan fingerprint density at radius 1 is 1.37 bits per heavy atom. The summed E-state index contributed by atoms with van der Waals surface area (Å²) in [5, 5.41) is 7.93. The van der Waals surface area contributed by atoms with Gasteiger partial charge >= 0.3 is 0 Å². The number of aryl methyl sites for hydroxylation is 1. The molecule has 1 aliphatic carbocycles. The molecule has 1 aliphatic rings. The van der Waals surface area contributed by atoms with Crippen molar-refractivity contribution in [2.45, 2.75) is 38.3 Å². The number of fused-ring (bicyclic) bond motifs is 1.